The number of amides is 1. The van der Waals surface area contributed by atoms with E-state index in [1.54, 1.807) is 66.4 Å². The Morgan fingerprint density at radius 1 is 1.12 bits per heavy atom. The van der Waals surface area contributed by atoms with E-state index in [-0.39, 0.29) is 46.2 Å². The largest absolute Gasteiger partial charge is 0.488 e. The van der Waals surface area contributed by atoms with E-state index < -0.39 is 22.0 Å². The van der Waals surface area contributed by atoms with Gasteiger partial charge in [-0.3, -0.25) is 14.4 Å². The minimum Gasteiger partial charge on any atom is -0.488 e. The SMILES string of the molecule is C[C@H](CO)N1C[C@H](C)[C@H](CN(C)Cc2ccc(C(=O)O)cc2)Oc2ccc(NS(=O)(=O)c3ccccc3)cc2C1=O. The number of aromatic carboxylic acids is 1. The van der Waals surface area contributed by atoms with Gasteiger partial charge in [0.25, 0.3) is 15.9 Å². The first-order valence-corrected chi connectivity index (χ1v) is 14.8. The number of hydrogen-bond acceptors (Lipinski definition) is 7. The van der Waals surface area contributed by atoms with E-state index in [1.165, 1.54) is 18.2 Å². The van der Waals surface area contributed by atoms with E-state index >= 15 is 0 Å². The molecule has 1 aliphatic rings. The van der Waals surface area contributed by atoms with E-state index in [0.29, 0.717) is 25.4 Å². The highest BCUT2D eigenvalue weighted by Gasteiger charge is 2.33. The summed E-state index contributed by atoms with van der Waals surface area (Å²) in [6, 6.07) is 18.8. The number of fused-ring (bicyclic) bond motifs is 1. The van der Waals surface area contributed by atoms with Crippen LogP contribution in [0.3, 0.4) is 0 Å². The maximum Gasteiger partial charge on any atom is 0.335 e. The third kappa shape index (κ3) is 7.24. The number of carboxylic acid groups (broad SMARTS) is 1. The Kier molecular flexibility index (Phi) is 9.31. The van der Waals surface area contributed by atoms with Crippen LogP contribution in [0, 0.1) is 5.92 Å². The number of rotatable bonds is 10. The summed E-state index contributed by atoms with van der Waals surface area (Å²) >= 11 is 0. The molecule has 3 atom stereocenters. The van der Waals surface area contributed by atoms with Gasteiger partial charge in [0.05, 0.1) is 28.7 Å². The van der Waals surface area contributed by atoms with Gasteiger partial charge in [0.1, 0.15) is 11.9 Å². The van der Waals surface area contributed by atoms with Crippen molar-refractivity contribution >= 4 is 27.6 Å². The van der Waals surface area contributed by atoms with Gasteiger partial charge in [0.2, 0.25) is 0 Å². The lowest BCUT2D eigenvalue weighted by Gasteiger charge is -2.38. The minimum atomic E-state index is -3.88. The molecule has 218 valence electrons. The summed E-state index contributed by atoms with van der Waals surface area (Å²) in [6.45, 7) is 4.89. The molecule has 3 aromatic rings. The summed E-state index contributed by atoms with van der Waals surface area (Å²) < 4.78 is 34.8. The lowest BCUT2D eigenvalue weighted by atomic mass is 9.99. The Morgan fingerprint density at radius 3 is 2.44 bits per heavy atom. The fourth-order valence-electron chi connectivity index (χ4n) is 4.75. The number of likely N-dealkylation sites (N-methyl/N-ethyl adjacent to an activating group) is 1. The minimum absolute atomic E-state index is 0.0966. The molecule has 4 rings (SSSR count). The second-order valence-electron chi connectivity index (χ2n) is 10.5. The normalized spacial score (nSPS) is 18.2. The number of nitrogens with one attached hydrogen (secondary N) is 1. The molecule has 0 bridgehead atoms. The zero-order valence-electron chi connectivity index (χ0n) is 23.2. The molecule has 0 radical (unpaired) electrons. The van der Waals surface area contributed by atoms with E-state index in [0.717, 1.165) is 5.56 Å². The number of benzene rings is 3. The molecule has 0 aliphatic carbocycles. The molecule has 3 N–H and O–H groups in total. The van der Waals surface area contributed by atoms with E-state index in [1.807, 2.05) is 14.0 Å². The smallest absolute Gasteiger partial charge is 0.335 e. The summed E-state index contributed by atoms with van der Waals surface area (Å²) in [5.41, 5.74) is 1.58. The van der Waals surface area contributed by atoms with Gasteiger partial charge < -0.3 is 19.8 Å². The first-order valence-electron chi connectivity index (χ1n) is 13.3. The van der Waals surface area contributed by atoms with Gasteiger partial charge in [0.15, 0.2) is 0 Å². The number of carboxylic acids is 1. The number of ether oxygens (including phenoxy) is 1. The zero-order chi connectivity index (χ0) is 29.7. The van der Waals surface area contributed by atoms with Crippen LogP contribution in [0.25, 0.3) is 0 Å². The summed E-state index contributed by atoms with van der Waals surface area (Å²) in [5.74, 6) is -1.12. The van der Waals surface area contributed by atoms with Gasteiger partial charge in [-0.05, 0) is 62.0 Å². The van der Waals surface area contributed by atoms with Crippen LogP contribution < -0.4 is 9.46 Å². The van der Waals surface area contributed by atoms with Crippen LogP contribution in [0.15, 0.2) is 77.7 Å². The van der Waals surface area contributed by atoms with E-state index in [4.69, 9.17) is 9.84 Å². The Morgan fingerprint density at radius 2 is 1.80 bits per heavy atom. The maximum absolute atomic E-state index is 13.7. The fraction of sp³-hybridized carbons (Fsp3) is 0.333. The van der Waals surface area contributed by atoms with Gasteiger partial charge in [0, 0.05) is 31.2 Å². The topological polar surface area (TPSA) is 136 Å². The predicted octanol–water partition coefficient (Wildman–Crippen LogP) is 3.54. The van der Waals surface area contributed by atoms with Gasteiger partial charge in [-0.2, -0.15) is 0 Å². The lowest BCUT2D eigenvalue weighted by molar-refractivity contribution is 0.0341. The molecule has 1 amide bonds. The van der Waals surface area contributed by atoms with Crippen molar-refractivity contribution in [1.29, 1.82) is 0 Å². The van der Waals surface area contributed by atoms with Crippen molar-refractivity contribution in [2.75, 3.05) is 31.5 Å². The second kappa shape index (κ2) is 12.7. The van der Waals surface area contributed by atoms with E-state index in [2.05, 4.69) is 9.62 Å². The Balaban J connectivity index is 1.60. The Bertz CT molecular complexity index is 1480. The summed E-state index contributed by atoms with van der Waals surface area (Å²) in [7, 11) is -1.94. The molecule has 0 fully saturated rings. The molecular formula is C30H35N3O7S. The Labute approximate surface area is 240 Å². The standard InChI is InChI=1S/C30H35N3O7S/c1-20-16-33(21(2)19-34)29(35)26-15-24(31-41(38,39)25-7-5-4-6-8-25)13-14-27(26)40-28(20)18-32(3)17-22-9-11-23(12-10-22)30(36)37/h4-15,20-21,28,31,34H,16-19H2,1-3H3,(H,36,37)/t20-,21+,28-/m0/s1. The molecule has 11 heteroatoms. The van der Waals surface area contributed by atoms with Crippen LogP contribution in [0.1, 0.15) is 40.1 Å². The number of carbonyl (C=O) groups excluding carboxylic acids is 1. The number of aliphatic hydroxyl groups excluding tert-OH is 1. The molecule has 1 aliphatic heterocycles. The number of hydrogen-bond donors (Lipinski definition) is 3. The molecule has 1 heterocycles. The van der Waals surface area contributed by atoms with Gasteiger partial charge in [-0.25, -0.2) is 13.2 Å². The average Bonchev–Trinajstić information content (AvgIpc) is 2.95. The van der Waals surface area contributed by atoms with Crippen molar-refractivity contribution in [3.05, 3.63) is 89.5 Å². The summed E-state index contributed by atoms with van der Waals surface area (Å²) in [4.78, 5) is 28.6. The van der Waals surface area contributed by atoms with Crippen molar-refractivity contribution in [1.82, 2.24) is 9.80 Å². The highest BCUT2D eigenvalue weighted by Crippen LogP contribution is 2.31. The van der Waals surface area contributed by atoms with Crippen molar-refractivity contribution < 1.29 is 33.0 Å². The highest BCUT2D eigenvalue weighted by molar-refractivity contribution is 7.92. The van der Waals surface area contributed by atoms with Crippen LogP contribution in [-0.2, 0) is 16.6 Å². The predicted molar refractivity (Wildman–Crippen MR) is 155 cm³/mol. The third-order valence-corrected chi connectivity index (χ3v) is 8.51. The molecular weight excluding hydrogens is 546 g/mol. The monoisotopic (exact) mass is 581 g/mol. The Hall–Kier alpha value is -3.93. The van der Waals surface area contributed by atoms with E-state index in [9.17, 15) is 23.1 Å². The third-order valence-electron chi connectivity index (χ3n) is 7.12. The number of anilines is 1. The molecule has 10 nitrogen and oxygen atoms in total. The number of nitrogens with zero attached hydrogens (tertiary/aromatic N) is 2. The van der Waals surface area contributed by atoms with Crippen LogP contribution in [0.5, 0.6) is 5.75 Å². The van der Waals surface area contributed by atoms with Crippen LogP contribution in [0.4, 0.5) is 5.69 Å². The molecule has 0 saturated carbocycles. The van der Waals surface area contributed by atoms with Gasteiger partial charge >= 0.3 is 5.97 Å². The molecule has 0 aromatic heterocycles. The molecule has 3 aromatic carbocycles. The first kappa shape index (κ1) is 30.0. The van der Waals surface area contributed by atoms with Crippen LogP contribution >= 0.6 is 0 Å². The van der Waals surface area contributed by atoms with Gasteiger partial charge in [-0.15, -0.1) is 0 Å². The molecule has 0 unspecified atom stereocenters. The van der Waals surface area contributed by atoms with Crippen LogP contribution in [0.2, 0.25) is 0 Å². The van der Waals surface area contributed by atoms with Crippen molar-refractivity contribution in [3.63, 3.8) is 0 Å². The van der Waals surface area contributed by atoms with Gasteiger partial charge in [-0.1, -0.05) is 37.3 Å². The number of carbonyl (C=O) groups is 2. The quantitative estimate of drug-likeness (QED) is 0.331. The number of sulfonamides is 1. The lowest BCUT2D eigenvalue weighted by Crippen LogP contribution is -2.49. The fourth-order valence-corrected chi connectivity index (χ4v) is 5.82. The molecule has 0 saturated heterocycles. The number of aliphatic hydroxyl groups is 1. The van der Waals surface area contributed by atoms with Crippen molar-refractivity contribution in [2.45, 2.75) is 37.4 Å². The first-order chi connectivity index (χ1) is 19.5. The molecule has 41 heavy (non-hydrogen) atoms. The average molecular weight is 582 g/mol. The second-order valence-corrected chi connectivity index (χ2v) is 12.1. The van der Waals surface area contributed by atoms with Crippen molar-refractivity contribution in [2.24, 2.45) is 5.92 Å². The van der Waals surface area contributed by atoms with Crippen molar-refractivity contribution in [3.8, 4) is 5.75 Å². The van der Waals surface area contributed by atoms with Crippen LogP contribution in [-0.4, -0.2) is 79.2 Å². The summed E-state index contributed by atoms with van der Waals surface area (Å²) in [6.07, 6.45) is -0.342. The molecule has 0 spiro atoms. The summed E-state index contributed by atoms with van der Waals surface area (Å²) in [5, 5.41) is 19.1. The zero-order valence-corrected chi connectivity index (χ0v) is 24.0. The maximum atomic E-state index is 13.7. The highest BCUT2D eigenvalue weighted by atomic mass is 32.2.